The fourth-order valence-corrected chi connectivity index (χ4v) is 4.22. The van der Waals surface area contributed by atoms with Crippen molar-refractivity contribution in [2.45, 2.75) is 39.8 Å². The van der Waals surface area contributed by atoms with Crippen LogP contribution in [0.2, 0.25) is 0 Å². The number of nitrogens with zero attached hydrogens (tertiary/aromatic N) is 2. The van der Waals surface area contributed by atoms with Gasteiger partial charge in [-0.3, -0.25) is 0 Å². The molecule has 0 atom stereocenters. The second-order valence-electron chi connectivity index (χ2n) is 7.24. The quantitative estimate of drug-likeness (QED) is 0.356. The van der Waals surface area contributed by atoms with Gasteiger partial charge in [0.25, 0.3) is 0 Å². The van der Waals surface area contributed by atoms with Crippen molar-refractivity contribution in [1.82, 2.24) is 4.57 Å². The minimum absolute atomic E-state index is 0.293. The first-order valence-corrected chi connectivity index (χ1v) is 11.1. The second-order valence-corrected chi connectivity index (χ2v) is 8.10. The normalized spacial score (nSPS) is 11.0. The minimum Gasteiger partial charge on any atom is -0.496 e. The molecule has 3 rings (SSSR count). The first kappa shape index (κ1) is 22.2. The van der Waals surface area contributed by atoms with Crippen LogP contribution in [0.15, 0.2) is 46.9 Å². The van der Waals surface area contributed by atoms with Gasteiger partial charge in [0.1, 0.15) is 5.75 Å². The van der Waals surface area contributed by atoms with Gasteiger partial charge in [0.15, 0.2) is 0 Å². The van der Waals surface area contributed by atoms with Crippen molar-refractivity contribution in [3.05, 3.63) is 58.2 Å². The maximum atomic E-state index is 13.1. The molecule has 30 heavy (non-hydrogen) atoms. The predicted octanol–water partition coefficient (Wildman–Crippen LogP) is 6.03. The molecule has 0 amide bonds. The van der Waals surface area contributed by atoms with Gasteiger partial charge in [0.05, 0.1) is 41.5 Å². The minimum atomic E-state index is -0.293. The van der Waals surface area contributed by atoms with Gasteiger partial charge in [0.2, 0.25) is 0 Å². The summed E-state index contributed by atoms with van der Waals surface area (Å²) >= 11 is 3.60. The third-order valence-electron chi connectivity index (χ3n) is 5.24. The molecule has 1 aromatic heterocycles. The lowest BCUT2D eigenvalue weighted by Crippen LogP contribution is -2.21. The number of fused-ring (bicyclic) bond motifs is 1. The number of aryl methyl sites for hydroxylation is 1. The van der Waals surface area contributed by atoms with E-state index in [4.69, 9.17) is 9.47 Å². The van der Waals surface area contributed by atoms with Gasteiger partial charge in [-0.25, -0.2) is 4.79 Å². The lowest BCUT2D eigenvalue weighted by atomic mass is 10.1. The Kier molecular flexibility index (Phi) is 7.43. The summed E-state index contributed by atoms with van der Waals surface area (Å²) in [5.74, 6) is 0.405. The highest BCUT2D eigenvalue weighted by Gasteiger charge is 2.25. The van der Waals surface area contributed by atoms with Gasteiger partial charge in [-0.05, 0) is 53.5 Å². The number of aromatic nitrogens is 1. The lowest BCUT2D eigenvalue weighted by molar-refractivity contribution is 0.0527. The number of esters is 1. The lowest BCUT2D eigenvalue weighted by Gasteiger charge is -2.22. The third kappa shape index (κ3) is 4.48. The molecule has 2 aromatic carbocycles. The maximum absolute atomic E-state index is 13.1. The van der Waals surface area contributed by atoms with Gasteiger partial charge in [-0.2, -0.15) is 0 Å². The number of carbonyl (C=O) groups is 1. The highest BCUT2D eigenvalue weighted by molar-refractivity contribution is 9.10. The molecule has 0 aliphatic carbocycles. The number of methoxy groups -OCH3 is 1. The average molecular weight is 473 g/mol. The molecule has 0 aliphatic rings. The Morgan fingerprint density at radius 3 is 2.53 bits per heavy atom. The number of unbranched alkanes of at least 4 members (excludes halogenated alkanes) is 1. The molecule has 0 saturated heterocycles. The van der Waals surface area contributed by atoms with Crippen molar-refractivity contribution in [3.63, 3.8) is 0 Å². The predicted molar refractivity (Wildman–Crippen MR) is 126 cm³/mol. The molecule has 0 bridgehead atoms. The summed E-state index contributed by atoms with van der Waals surface area (Å²) in [4.78, 5) is 15.2. The summed E-state index contributed by atoms with van der Waals surface area (Å²) < 4.78 is 14.1. The molecular weight excluding hydrogens is 444 g/mol. The van der Waals surface area contributed by atoms with E-state index in [0.29, 0.717) is 24.5 Å². The highest BCUT2D eigenvalue weighted by Crippen LogP contribution is 2.36. The van der Waals surface area contributed by atoms with Crippen LogP contribution >= 0.6 is 15.9 Å². The topological polar surface area (TPSA) is 43.7 Å². The fourth-order valence-electron chi connectivity index (χ4n) is 3.72. The van der Waals surface area contributed by atoms with Crippen molar-refractivity contribution >= 4 is 38.5 Å². The van der Waals surface area contributed by atoms with Gasteiger partial charge in [0, 0.05) is 24.7 Å². The molecule has 5 nitrogen and oxygen atoms in total. The van der Waals surface area contributed by atoms with Crippen LogP contribution in [0.5, 0.6) is 5.75 Å². The Labute approximate surface area is 186 Å². The summed E-state index contributed by atoms with van der Waals surface area (Å²) in [5, 5.41) is 0.862. The van der Waals surface area contributed by atoms with Crippen LogP contribution < -0.4 is 9.64 Å². The number of carbonyl (C=O) groups excluding carboxylic acids is 1. The number of benzene rings is 2. The molecule has 0 N–H and O–H groups in total. The van der Waals surface area contributed by atoms with Crippen LogP contribution in [0.1, 0.15) is 42.7 Å². The molecule has 160 valence electrons. The maximum Gasteiger partial charge on any atom is 0.340 e. The molecule has 0 saturated carbocycles. The van der Waals surface area contributed by atoms with Gasteiger partial charge < -0.3 is 18.9 Å². The number of para-hydroxylation sites is 1. The molecular formula is C24H29BrN2O3. The van der Waals surface area contributed by atoms with E-state index in [1.54, 1.807) is 7.11 Å². The molecule has 3 aromatic rings. The number of halogens is 1. The smallest absolute Gasteiger partial charge is 0.340 e. The van der Waals surface area contributed by atoms with Crippen molar-refractivity contribution in [1.29, 1.82) is 0 Å². The Hall–Kier alpha value is -2.47. The van der Waals surface area contributed by atoms with Gasteiger partial charge >= 0.3 is 5.97 Å². The van der Waals surface area contributed by atoms with Crippen LogP contribution in [-0.2, 0) is 17.8 Å². The molecule has 0 fully saturated rings. The van der Waals surface area contributed by atoms with E-state index >= 15 is 0 Å². The standard InChI is InChI=1S/C24H29BrN2O3/c1-5-7-13-27-20-15-19(25)22(29-4)14-18(20)23(24(28)30-6-2)21(27)16-26(3)17-11-9-8-10-12-17/h8-12,14-15H,5-7,13,16H2,1-4H3. The number of rotatable bonds is 9. The summed E-state index contributed by atoms with van der Waals surface area (Å²) in [6.07, 6.45) is 2.09. The van der Waals surface area contributed by atoms with E-state index in [1.807, 2.05) is 44.3 Å². The first-order valence-electron chi connectivity index (χ1n) is 10.3. The van der Waals surface area contributed by atoms with Crippen LogP contribution in [0.25, 0.3) is 10.9 Å². The molecule has 1 heterocycles. The van der Waals surface area contributed by atoms with E-state index in [-0.39, 0.29) is 5.97 Å². The first-order chi connectivity index (χ1) is 14.5. The van der Waals surface area contributed by atoms with Crippen LogP contribution in [0, 0.1) is 0 Å². The Bertz CT molecular complexity index is 1010. The zero-order valence-electron chi connectivity index (χ0n) is 18.1. The zero-order chi connectivity index (χ0) is 21.7. The Morgan fingerprint density at radius 1 is 1.17 bits per heavy atom. The van der Waals surface area contributed by atoms with Gasteiger partial charge in [-0.15, -0.1) is 0 Å². The van der Waals surface area contributed by atoms with E-state index in [0.717, 1.165) is 46.1 Å². The molecule has 0 spiro atoms. The average Bonchev–Trinajstić information content (AvgIpc) is 3.04. The largest absolute Gasteiger partial charge is 0.496 e. The summed E-state index contributed by atoms with van der Waals surface area (Å²) in [5.41, 5.74) is 3.69. The molecule has 6 heteroatoms. The van der Waals surface area contributed by atoms with Crippen molar-refractivity contribution in [2.24, 2.45) is 0 Å². The van der Waals surface area contributed by atoms with Crippen LogP contribution in [0.4, 0.5) is 5.69 Å². The van der Waals surface area contributed by atoms with Crippen molar-refractivity contribution in [2.75, 3.05) is 25.7 Å². The molecule has 0 radical (unpaired) electrons. The van der Waals surface area contributed by atoms with Gasteiger partial charge in [-0.1, -0.05) is 31.5 Å². The number of hydrogen-bond acceptors (Lipinski definition) is 4. The second kappa shape index (κ2) is 10.0. The molecule has 0 aliphatic heterocycles. The highest BCUT2D eigenvalue weighted by atomic mass is 79.9. The third-order valence-corrected chi connectivity index (χ3v) is 5.86. The van der Waals surface area contributed by atoms with Crippen LogP contribution in [0.3, 0.4) is 0 Å². The van der Waals surface area contributed by atoms with E-state index in [1.165, 1.54) is 0 Å². The number of hydrogen-bond donors (Lipinski definition) is 0. The monoisotopic (exact) mass is 472 g/mol. The van der Waals surface area contributed by atoms with E-state index in [2.05, 4.69) is 44.5 Å². The summed E-state index contributed by atoms with van der Waals surface area (Å²) in [7, 11) is 3.68. The Morgan fingerprint density at radius 2 is 1.90 bits per heavy atom. The number of ether oxygens (including phenoxy) is 2. The van der Waals surface area contributed by atoms with Crippen molar-refractivity contribution < 1.29 is 14.3 Å². The Balaban J connectivity index is 2.22. The molecule has 0 unspecified atom stereocenters. The van der Waals surface area contributed by atoms with E-state index in [9.17, 15) is 4.79 Å². The fraction of sp³-hybridized carbons (Fsp3) is 0.375. The number of anilines is 1. The van der Waals surface area contributed by atoms with Crippen LogP contribution in [-0.4, -0.2) is 31.3 Å². The van der Waals surface area contributed by atoms with E-state index < -0.39 is 0 Å². The SMILES string of the molecule is CCCCn1c(CN(C)c2ccccc2)c(C(=O)OCC)c2cc(OC)c(Br)cc21. The summed E-state index contributed by atoms with van der Waals surface area (Å²) in [6.45, 7) is 5.77. The zero-order valence-corrected chi connectivity index (χ0v) is 19.7. The van der Waals surface area contributed by atoms with Crippen molar-refractivity contribution in [3.8, 4) is 5.75 Å². The summed E-state index contributed by atoms with van der Waals surface area (Å²) in [6, 6.07) is 14.2.